The fourth-order valence-corrected chi connectivity index (χ4v) is 4.61. The van der Waals surface area contributed by atoms with Crippen LogP contribution in [0.25, 0.3) is 0 Å². The lowest BCUT2D eigenvalue weighted by Crippen LogP contribution is -2.47. The number of rotatable bonds is 11. The van der Waals surface area contributed by atoms with Gasteiger partial charge in [0.25, 0.3) is 5.91 Å². The predicted octanol–water partition coefficient (Wildman–Crippen LogP) is 5.01. The Kier molecular flexibility index (Phi) is 12.0. The predicted molar refractivity (Wildman–Crippen MR) is 158 cm³/mol. The molecule has 10 nitrogen and oxygen atoms in total. The molecule has 0 aromatic heterocycles. The van der Waals surface area contributed by atoms with Crippen LogP contribution in [0.1, 0.15) is 43.1 Å². The number of halogens is 6. The number of carboxylic acid groups (broad SMARTS) is 1. The molecule has 0 saturated carbocycles. The first-order chi connectivity index (χ1) is 20.9. The molecule has 248 valence electrons. The molecule has 0 aliphatic carbocycles. The maximum absolute atomic E-state index is 15.1. The molecule has 0 spiro atoms. The highest BCUT2D eigenvalue weighted by Crippen LogP contribution is 2.31. The highest BCUT2D eigenvalue weighted by atomic mass is 35.5. The third kappa shape index (κ3) is 11.0. The Balaban J connectivity index is 1.66. The van der Waals surface area contributed by atoms with Gasteiger partial charge in [-0.1, -0.05) is 17.7 Å². The van der Waals surface area contributed by atoms with Gasteiger partial charge in [0.15, 0.2) is 11.6 Å². The lowest BCUT2D eigenvalue weighted by Gasteiger charge is -2.37. The molecular formula is C29H35ClF5N5O5. The van der Waals surface area contributed by atoms with Gasteiger partial charge in [-0.25, -0.2) is 13.6 Å². The van der Waals surface area contributed by atoms with E-state index in [1.807, 2.05) is 4.90 Å². The van der Waals surface area contributed by atoms with Crippen LogP contribution < -0.4 is 20.9 Å². The van der Waals surface area contributed by atoms with E-state index in [1.54, 1.807) is 31.7 Å². The second kappa shape index (κ2) is 15.1. The summed E-state index contributed by atoms with van der Waals surface area (Å²) >= 11 is 6.16. The zero-order chi connectivity index (χ0) is 33.5. The molecule has 45 heavy (non-hydrogen) atoms. The highest BCUT2D eigenvalue weighted by Gasteiger charge is 2.29. The monoisotopic (exact) mass is 663 g/mol. The first-order valence-electron chi connectivity index (χ1n) is 14.0. The summed E-state index contributed by atoms with van der Waals surface area (Å²) in [6.07, 6.45) is -6.03. The van der Waals surface area contributed by atoms with E-state index in [1.165, 1.54) is 12.1 Å². The van der Waals surface area contributed by atoms with E-state index in [4.69, 9.17) is 16.3 Å². The molecule has 2 aromatic rings. The van der Waals surface area contributed by atoms with E-state index in [0.717, 1.165) is 12.1 Å². The van der Waals surface area contributed by atoms with Gasteiger partial charge in [0, 0.05) is 56.4 Å². The Hall–Kier alpha value is -3.69. The number of alkyl halides is 3. The average Bonchev–Trinajstić information content (AvgIpc) is 2.93. The van der Waals surface area contributed by atoms with Crippen LogP contribution in [0.2, 0.25) is 5.02 Å². The summed E-state index contributed by atoms with van der Waals surface area (Å²) in [6.45, 7) is 5.28. The lowest BCUT2D eigenvalue weighted by atomic mass is 10.1. The molecule has 1 saturated heterocycles. The molecule has 2 aromatic carbocycles. The van der Waals surface area contributed by atoms with Crippen molar-refractivity contribution >= 4 is 40.9 Å². The Morgan fingerprint density at radius 2 is 1.69 bits per heavy atom. The Morgan fingerprint density at radius 1 is 1.02 bits per heavy atom. The van der Waals surface area contributed by atoms with Crippen LogP contribution in [0.3, 0.4) is 0 Å². The van der Waals surface area contributed by atoms with Crippen molar-refractivity contribution < 1.29 is 46.2 Å². The maximum atomic E-state index is 15.1. The summed E-state index contributed by atoms with van der Waals surface area (Å²) < 4.78 is 72.9. The van der Waals surface area contributed by atoms with Gasteiger partial charge < -0.3 is 25.4 Å². The summed E-state index contributed by atoms with van der Waals surface area (Å²) in [5, 5.41) is 17.1. The second-order valence-corrected chi connectivity index (χ2v) is 11.8. The Bertz CT molecular complexity index is 1380. The molecule has 0 radical (unpaired) electrons. The van der Waals surface area contributed by atoms with E-state index in [0.29, 0.717) is 36.9 Å². The van der Waals surface area contributed by atoms with Crippen LogP contribution in [0.5, 0.6) is 0 Å². The van der Waals surface area contributed by atoms with E-state index in [9.17, 15) is 37.1 Å². The number of carbonyl (C=O) groups excluding carboxylic acids is 2. The van der Waals surface area contributed by atoms with Crippen LogP contribution in [-0.4, -0.2) is 85.1 Å². The average molecular weight is 664 g/mol. The van der Waals surface area contributed by atoms with Gasteiger partial charge in [-0.05, 0) is 45.0 Å². The quantitative estimate of drug-likeness (QED) is 0.248. The summed E-state index contributed by atoms with van der Waals surface area (Å²) in [5.41, 5.74) is -0.982. The molecule has 3 rings (SSSR count). The summed E-state index contributed by atoms with van der Waals surface area (Å²) in [4.78, 5) is 40.0. The van der Waals surface area contributed by atoms with E-state index < -0.39 is 72.5 Å². The third-order valence-electron chi connectivity index (χ3n) is 6.73. The number of ether oxygens (including phenoxy) is 1. The van der Waals surface area contributed by atoms with Gasteiger partial charge in [-0.2, -0.15) is 13.2 Å². The number of alkyl carbamates (subject to hydrolysis) is 1. The van der Waals surface area contributed by atoms with Gasteiger partial charge in [0.2, 0.25) is 0 Å². The van der Waals surface area contributed by atoms with Crippen molar-refractivity contribution in [3.63, 3.8) is 0 Å². The van der Waals surface area contributed by atoms with Crippen molar-refractivity contribution in [1.29, 1.82) is 0 Å². The SMILES string of the molecule is CC(C)(C)OC(=O)NC[C@@H](NCc1ccc(C(=O)Nc2ccc(Cl)cc2N2CCN(CCC(F)(F)F)CC2)c(F)c1F)C(=O)O. The largest absolute Gasteiger partial charge is 0.480 e. The third-order valence-corrected chi connectivity index (χ3v) is 6.96. The molecule has 1 aliphatic heterocycles. The highest BCUT2D eigenvalue weighted by molar-refractivity contribution is 6.31. The normalized spacial score (nSPS) is 15.0. The number of benzene rings is 2. The topological polar surface area (TPSA) is 123 Å². The minimum atomic E-state index is -4.26. The van der Waals surface area contributed by atoms with E-state index in [-0.39, 0.29) is 17.8 Å². The molecule has 1 fully saturated rings. The van der Waals surface area contributed by atoms with Gasteiger partial charge in [0.05, 0.1) is 23.4 Å². The molecule has 16 heteroatoms. The van der Waals surface area contributed by atoms with Crippen molar-refractivity contribution in [2.45, 2.75) is 51.6 Å². The number of anilines is 2. The summed E-state index contributed by atoms with van der Waals surface area (Å²) in [7, 11) is 0. The van der Waals surface area contributed by atoms with Gasteiger partial charge in [-0.15, -0.1) is 0 Å². The number of hydrogen-bond acceptors (Lipinski definition) is 7. The Morgan fingerprint density at radius 3 is 2.29 bits per heavy atom. The number of carbonyl (C=O) groups is 3. The van der Waals surface area contributed by atoms with Crippen LogP contribution in [0.15, 0.2) is 30.3 Å². The smallest absolute Gasteiger partial charge is 0.407 e. The zero-order valence-corrected chi connectivity index (χ0v) is 25.6. The van der Waals surface area contributed by atoms with E-state index in [2.05, 4.69) is 16.0 Å². The van der Waals surface area contributed by atoms with Crippen LogP contribution in [-0.2, 0) is 16.1 Å². The molecule has 0 unspecified atom stereocenters. The second-order valence-electron chi connectivity index (χ2n) is 11.4. The van der Waals surface area contributed by atoms with Crippen molar-refractivity contribution in [1.82, 2.24) is 15.5 Å². The molecule has 1 aliphatic rings. The fraction of sp³-hybridized carbons (Fsp3) is 0.483. The molecule has 0 bridgehead atoms. The number of nitrogens with zero attached hydrogens (tertiary/aromatic N) is 2. The van der Waals surface area contributed by atoms with Crippen LogP contribution in [0, 0.1) is 11.6 Å². The zero-order valence-electron chi connectivity index (χ0n) is 24.9. The molecule has 2 amide bonds. The first-order valence-corrected chi connectivity index (χ1v) is 14.4. The van der Waals surface area contributed by atoms with Crippen molar-refractivity contribution in [2.24, 2.45) is 0 Å². The minimum Gasteiger partial charge on any atom is -0.480 e. The number of nitrogens with one attached hydrogen (secondary N) is 3. The van der Waals surface area contributed by atoms with Crippen molar-refractivity contribution in [2.75, 3.05) is 49.5 Å². The van der Waals surface area contributed by atoms with Crippen LogP contribution >= 0.6 is 11.6 Å². The number of amides is 2. The molecule has 1 heterocycles. The van der Waals surface area contributed by atoms with Gasteiger partial charge >= 0.3 is 18.2 Å². The number of carboxylic acids is 1. The van der Waals surface area contributed by atoms with Crippen molar-refractivity contribution in [3.8, 4) is 0 Å². The van der Waals surface area contributed by atoms with Crippen LogP contribution in [0.4, 0.5) is 38.1 Å². The number of aliphatic carboxylic acids is 1. The van der Waals surface area contributed by atoms with Gasteiger partial charge in [0.1, 0.15) is 11.6 Å². The van der Waals surface area contributed by atoms with Gasteiger partial charge in [-0.3, -0.25) is 19.8 Å². The maximum Gasteiger partial charge on any atom is 0.407 e. The fourth-order valence-electron chi connectivity index (χ4n) is 4.44. The standard InChI is InChI=1S/C29H35ClF5N5O5/c1-28(2,3)45-27(44)37-16-21(26(42)43)36-15-17-4-6-19(24(32)23(17)31)25(41)38-20-7-5-18(30)14-22(20)40-12-10-39(11-13-40)9-8-29(33,34)35/h4-7,14,21,36H,8-13,15-16H2,1-3H3,(H,37,44)(H,38,41)(H,42,43)/t21-/m1/s1. The number of piperazine rings is 1. The molecule has 4 N–H and O–H groups in total. The molecular weight excluding hydrogens is 629 g/mol. The first kappa shape index (κ1) is 35.8. The summed E-state index contributed by atoms with van der Waals surface area (Å²) in [6, 6.07) is 5.35. The Labute approximate surface area is 261 Å². The number of hydrogen-bond donors (Lipinski definition) is 4. The van der Waals surface area contributed by atoms with Crippen molar-refractivity contribution in [3.05, 3.63) is 58.1 Å². The molecule has 1 atom stereocenters. The van der Waals surface area contributed by atoms with E-state index >= 15 is 4.39 Å². The summed E-state index contributed by atoms with van der Waals surface area (Å²) in [5.74, 6) is -5.15. The minimum absolute atomic E-state index is 0.132. The lowest BCUT2D eigenvalue weighted by molar-refractivity contribution is -0.139.